The Morgan fingerprint density at radius 2 is 1.73 bits per heavy atom. The van der Waals surface area contributed by atoms with Crippen molar-refractivity contribution in [3.63, 3.8) is 0 Å². The smallest absolute Gasteiger partial charge is 0.201 e. The zero-order valence-electron chi connectivity index (χ0n) is 21.1. The fourth-order valence-electron chi connectivity index (χ4n) is 6.74. The van der Waals surface area contributed by atoms with Gasteiger partial charge in [0.15, 0.2) is 24.1 Å². The van der Waals surface area contributed by atoms with Gasteiger partial charge >= 0.3 is 0 Å². The molecule has 0 aromatic heterocycles. The predicted molar refractivity (Wildman–Crippen MR) is 132 cm³/mol. The monoisotopic (exact) mass is 505 g/mol. The highest BCUT2D eigenvalue weighted by atomic mass is 16.7. The summed E-state index contributed by atoms with van der Waals surface area (Å²) in [5.74, 6) is 0.116. The second-order valence-corrected chi connectivity index (χ2v) is 10.6. The molecule has 0 saturated carbocycles. The van der Waals surface area contributed by atoms with Crippen LogP contribution in [0.5, 0.6) is 5.75 Å². The van der Waals surface area contributed by atoms with Gasteiger partial charge in [0.2, 0.25) is 6.29 Å². The van der Waals surface area contributed by atoms with Gasteiger partial charge in [0.05, 0.1) is 18.3 Å². The third-order valence-corrected chi connectivity index (χ3v) is 8.52. The number of carbonyl (C=O) groups is 2. The van der Waals surface area contributed by atoms with Crippen molar-refractivity contribution in [2.24, 2.45) is 0 Å². The third-order valence-electron chi connectivity index (χ3n) is 8.52. The molecule has 3 heterocycles. The first kappa shape index (κ1) is 23.5. The van der Waals surface area contributed by atoms with Crippen LogP contribution in [0.15, 0.2) is 30.3 Å². The van der Waals surface area contributed by atoms with Gasteiger partial charge in [0, 0.05) is 42.8 Å². The van der Waals surface area contributed by atoms with E-state index in [1.54, 1.807) is 25.3 Å². The zero-order chi connectivity index (χ0) is 25.3. The van der Waals surface area contributed by atoms with Crippen LogP contribution in [0.3, 0.4) is 0 Å². The topological polar surface area (TPSA) is 83.5 Å². The lowest BCUT2D eigenvalue weighted by atomic mass is 9.79. The number of ether oxygens (including phenoxy) is 5. The Balaban J connectivity index is 1.18. The minimum absolute atomic E-state index is 0.0735. The molecule has 3 fully saturated rings. The fraction of sp³-hybridized carbons (Fsp3) is 0.517. The summed E-state index contributed by atoms with van der Waals surface area (Å²) in [5.41, 5.74) is 4.09. The Morgan fingerprint density at radius 1 is 0.973 bits per heavy atom. The van der Waals surface area contributed by atoms with Gasteiger partial charge in [-0.1, -0.05) is 12.1 Å². The van der Waals surface area contributed by atoms with Crippen LogP contribution in [0.1, 0.15) is 69.2 Å². The molecule has 3 saturated heterocycles. The minimum Gasteiger partial charge on any atom is -0.464 e. The Labute approximate surface area is 215 Å². The van der Waals surface area contributed by atoms with E-state index in [0.717, 1.165) is 32.2 Å². The molecule has 8 heteroatoms. The molecule has 194 valence electrons. The molecular weight excluding hydrogens is 474 g/mol. The average Bonchev–Trinajstić information content (AvgIpc) is 3.30. The zero-order valence-corrected chi connectivity index (χ0v) is 21.1. The van der Waals surface area contributed by atoms with Crippen LogP contribution < -0.4 is 4.74 Å². The maximum atomic E-state index is 13.8. The van der Waals surface area contributed by atoms with Crippen LogP contribution in [0.4, 0.5) is 0 Å². The van der Waals surface area contributed by atoms with Gasteiger partial charge in [-0.05, 0) is 61.9 Å². The molecule has 6 atom stereocenters. The van der Waals surface area contributed by atoms with Gasteiger partial charge in [-0.3, -0.25) is 14.5 Å². The maximum absolute atomic E-state index is 13.8. The van der Waals surface area contributed by atoms with Gasteiger partial charge in [0.25, 0.3) is 0 Å². The molecule has 37 heavy (non-hydrogen) atoms. The summed E-state index contributed by atoms with van der Waals surface area (Å²) in [7, 11) is 1.62. The van der Waals surface area contributed by atoms with E-state index in [4.69, 9.17) is 23.7 Å². The van der Waals surface area contributed by atoms with E-state index < -0.39 is 12.6 Å². The van der Waals surface area contributed by atoms with Crippen LogP contribution in [0.2, 0.25) is 0 Å². The summed E-state index contributed by atoms with van der Waals surface area (Å²) in [5, 5.41) is 0. The summed E-state index contributed by atoms with van der Waals surface area (Å²) in [4.78, 5) is 29.6. The van der Waals surface area contributed by atoms with Gasteiger partial charge < -0.3 is 23.7 Å². The number of nitrogens with zero attached hydrogens (tertiary/aromatic N) is 1. The summed E-state index contributed by atoms with van der Waals surface area (Å²) in [6.45, 7) is 3.27. The Morgan fingerprint density at radius 3 is 2.49 bits per heavy atom. The van der Waals surface area contributed by atoms with Crippen LogP contribution in [0.25, 0.3) is 0 Å². The van der Waals surface area contributed by atoms with Crippen molar-refractivity contribution in [3.05, 3.63) is 63.7 Å². The Bertz CT molecular complexity index is 1280. The fourth-order valence-corrected chi connectivity index (χ4v) is 6.74. The maximum Gasteiger partial charge on any atom is 0.201 e. The van der Waals surface area contributed by atoms with E-state index in [1.165, 1.54) is 11.1 Å². The van der Waals surface area contributed by atoms with E-state index in [1.807, 2.05) is 19.1 Å². The molecule has 3 aliphatic heterocycles. The number of hydrogen-bond donors (Lipinski definition) is 0. The quantitative estimate of drug-likeness (QED) is 0.537. The molecule has 0 N–H and O–H groups in total. The molecular formula is C29H31NO7. The molecule has 0 radical (unpaired) electrons. The highest BCUT2D eigenvalue weighted by Crippen LogP contribution is 2.40. The number of rotatable bonds is 3. The molecule has 0 bridgehead atoms. The molecule has 2 aromatic carbocycles. The number of morpholine rings is 1. The van der Waals surface area contributed by atoms with Crippen molar-refractivity contribution in [2.45, 2.75) is 76.1 Å². The SMILES string of the molecule is CO[C@H]1OCCN2[C@@H]1O[C@@H]1[C@H](C)O[C@H](Oc3cccc4c3C(=O)c3cc5c(cc3C4=O)CCCC5)C[C@@H]12. The first-order chi connectivity index (χ1) is 18.0. The lowest BCUT2D eigenvalue weighted by Crippen LogP contribution is -2.55. The van der Waals surface area contributed by atoms with E-state index in [2.05, 4.69) is 4.90 Å². The molecule has 0 amide bonds. The predicted octanol–water partition coefficient (Wildman–Crippen LogP) is 3.25. The molecule has 8 nitrogen and oxygen atoms in total. The van der Waals surface area contributed by atoms with Crippen molar-refractivity contribution >= 4 is 11.6 Å². The van der Waals surface area contributed by atoms with Gasteiger partial charge in [-0.2, -0.15) is 0 Å². The van der Waals surface area contributed by atoms with Crippen molar-refractivity contribution in [1.29, 1.82) is 0 Å². The largest absolute Gasteiger partial charge is 0.464 e. The third kappa shape index (κ3) is 3.69. The molecule has 2 aromatic rings. The molecule has 0 spiro atoms. The number of hydrogen-bond acceptors (Lipinski definition) is 8. The number of benzene rings is 2. The summed E-state index contributed by atoms with van der Waals surface area (Å²) in [6, 6.07) is 9.21. The van der Waals surface area contributed by atoms with E-state index in [9.17, 15) is 9.59 Å². The van der Waals surface area contributed by atoms with Crippen molar-refractivity contribution in [2.75, 3.05) is 20.3 Å². The lowest BCUT2D eigenvalue weighted by molar-refractivity contribution is -0.247. The van der Waals surface area contributed by atoms with Crippen LogP contribution in [-0.2, 0) is 31.8 Å². The second-order valence-electron chi connectivity index (χ2n) is 10.6. The molecule has 0 unspecified atom stereocenters. The number of ketones is 2. The summed E-state index contributed by atoms with van der Waals surface area (Å²) < 4.78 is 30.1. The number of fused-ring (bicyclic) bond motifs is 6. The van der Waals surface area contributed by atoms with Crippen molar-refractivity contribution in [3.8, 4) is 5.75 Å². The molecule has 2 aliphatic carbocycles. The van der Waals surface area contributed by atoms with Crippen LogP contribution in [0, 0.1) is 0 Å². The van der Waals surface area contributed by atoms with E-state index >= 15 is 0 Å². The van der Waals surface area contributed by atoms with Crippen LogP contribution in [-0.4, -0.2) is 73.8 Å². The highest BCUT2D eigenvalue weighted by Gasteiger charge is 2.53. The van der Waals surface area contributed by atoms with Crippen molar-refractivity contribution in [1.82, 2.24) is 4.90 Å². The Kier molecular flexibility index (Phi) is 5.71. The molecule has 5 aliphatic rings. The van der Waals surface area contributed by atoms with E-state index in [-0.39, 0.29) is 36.0 Å². The Hall–Kier alpha value is -2.62. The van der Waals surface area contributed by atoms with Crippen molar-refractivity contribution < 1.29 is 33.3 Å². The first-order valence-electron chi connectivity index (χ1n) is 13.3. The summed E-state index contributed by atoms with van der Waals surface area (Å²) >= 11 is 0. The average molecular weight is 506 g/mol. The lowest BCUT2D eigenvalue weighted by Gasteiger charge is -2.40. The van der Waals surface area contributed by atoms with Crippen LogP contribution >= 0.6 is 0 Å². The number of carbonyl (C=O) groups excluding carboxylic acids is 2. The first-order valence-corrected chi connectivity index (χ1v) is 13.3. The van der Waals surface area contributed by atoms with Gasteiger partial charge in [-0.15, -0.1) is 0 Å². The number of aryl methyl sites for hydroxylation is 2. The van der Waals surface area contributed by atoms with Gasteiger partial charge in [-0.25, -0.2) is 0 Å². The highest BCUT2D eigenvalue weighted by molar-refractivity contribution is 6.29. The standard InChI is InChI=1S/C29H31NO7/c1-15-27-21(30-10-11-34-29(33-2)28(30)37-27)14-23(35-15)36-22-9-5-8-18-24(22)26(32)20-13-17-7-4-3-6-16(17)12-19(20)25(18)31/h5,8-9,12-13,15,21,23,27-29H,3-4,6-7,10-11,14H2,1-2H3/t15-,21-,23+,27+,28+,29-/m0/s1. The normalized spacial score (nSPS) is 32.7. The minimum atomic E-state index is -0.582. The molecule has 7 rings (SSSR count). The van der Waals surface area contributed by atoms with E-state index in [0.29, 0.717) is 41.0 Å². The number of methoxy groups -OCH3 is 1. The second kappa shape index (κ2) is 8.99. The van der Waals surface area contributed by atoms with Gasteiger partial charge in [0.1, 0.15) is 11.9 Å². The summed E-state index contributed by atoms with van der Waals surface area (Å²) in [6.07, 6.45) is 3.03.